The van der Waals surface area contributed by atoms with Crippen LogP contribution in [0, 0.1) is 0 Å². The zero-order valence-corrected chi connectivity index (χ0v) is 12.7. The van der Waals surface area contributed by atoms with Gasteiger partial charge in [0, 0.05) is 13.1 Å². The van der Waals surface area contributed by atoms with E-state index in [0.29, 0.717) is 39.5 Å². The minimum absolute atomic E-state index is 0.0283. The molecule has 0 saturated carbocycles. The van der Waals surface area contributed by atoms with Gasteiger partial charge in [0.1, 0.15) is 6.10 Å². The molecule has 1 aliphatic carbocycles. The first-order valence-corrected chi connectivity index (χ1v) is 7.78. The summed E-state index contributed by atoms with van der Waals surface area (Å²) < 4.78 is 15.9. The van der Waals surface area contributed by atoms with E-state index in [9.17, 15) is 4.79 Å². The van der Waals surface area contributed by atoms with Crippen LogP contribution in [0.1, 0.15) is 32.1 Å². The van der Waals surface area contributed by atoms with E-state index in [1.54, 1.807) is 0 Å². The molecule has 0 saturated heterocycles. The smallest absolute Gasteiger partial charge is 0.407 e. The predicted octanol–water partition coefficient (Wildman–Crippen LogP) is 1.59. The Morgan fingerprint density at radius 1 is 1.10 bits per heavy atom. The molecule has 0 spiro atoms. The second-order valence-corrected chi connectivity index (χ2v) is 4.95. The summed E-state index contributed by atoms with van der Waals surface area (Å²) in [6.07, 6.45) is 8.99. The van der Waals surface area contributed by atoms with Gasteiger partial charge in [-0.2, -0.15) is 0 Å². The Bertz CT molecular complexity index is 297. The second-order valence-electron chi connectivity index (χ2n) is 4.95. The maximum Gasteiger partial charge on any atom is 0.407 e. The van der Waals surface area contributed by atoms with Crippen LogP contribution < -0.4 is 11.1 Å². The molecule has 0 bridgehead atoms. The van der Waals surface area contributed by atoms with Gasteiger partial charge < -0.3 is 25.3 Å². The first kappa shape index (κ1) is 17.9. The van der Waals surface area contributed by atoms with Crippen LogP contribution in [0.2, 0.25) is 0 Å². The molecule has 1 aliphatic rings. The molecule has 1 unspecified atom stereocenters. The van der Waals surface area contributed by atoms with E-state index in [-0.39, 0.29) is 12.2 Å². The van der Waals surface area contributed by atoms with Crippen LogP contribution in [0.3, 0.4) is 0 Å². The van der Waals surface area contributed by atoms with E-state index in [2.05, 4.69) is 17.5 Å². The molecule has 6 nitrogen and oxygen atoms in total. The maximum atomic E-state index is 11.6. The van der Waals surface area contributed by atoms with Crippen LogP contribution in [0.5, 0.6) is 0 Å². The lowest BCUT2D eigenvalue weighted by Gasteiger charge is -2.18. The van der Waals surface area contributed by atoms with Crippen molar-refractivity contribution in [3.63, 3.8) is 0 Å². The molecule has 0 aromatic rings. The monoisotopic (exact) mass is 300 g/mol. The van der Waals surface area contributed by atoms with Crippen LogP contribution in [0.15, 0.2) is 12.2 Å². The van der Waals surface area contributed by atoms with Gasteiger partial charge in [-0.3, -0.25) is 0 Å². The van der Waals surface area contributed by atoms with Gasteiger partial charge in [0.15, 0.2) is 0 Å². The van der Waals surface area contributed by atoms with Crippen molar-refractivity contribution in [3.05, 3.63) is 12.2 Å². The van der Waals surface area contributed by atoms with E-state index in [1.165, 1.54) is 0 Å². The van der Waals surface area contributed by atoms with Gasteiger partial charge in [0.25, 0.3) is 0 Å². The Labute approximate surface area is 127 Å². The van der Waals surface area contributed by atoms with Crippen LogP contribution in [-0.2, 0) is 14.2 Å². The lowest BCUT2D eigenvalue weighted by molar-refractivity contribution is 0.0491. The van der Waals surface area contributed by atoms with Crippen molar-refractivity contribution < 1.29 is 19.0 Å². The molecule has 3 N–H and O–H groups in total. The molecular formula is C15H28N2O4. The van der Waals surface area contributed by atoms with Gasteiger partial charge in [-0.05, 0) is 32.1 Å². The Kier molecular flexibility index (Phi) is 10.8. The van der Waals surface area contributed by atoms with Gasteiger partial charge in [-0.15, -0.1) is 0 Å². The highest BCUT2D eigenvalue weighted by atomic mass is 16.6. The number of ether oxygens (including phenoxy) is 3. The van der Waals surface area contributed by atoms with Crippen LogP contribution in [0.25, 0.3) is 0 Å². The van der Waals surface area contributed by atoms with Gasteiger partial charge in [-0.25, -0.2) is 4.79 Å². The molecule has 0 heterocycles. The largest absolute Gasteiger partial charge is 0.446 e. The van der Waals surface area contributed by atoms with Crippen LogP contribution in [0.4, 0.5) is 4.79 Å². The number of carbonyl (C=O) groups is 1. The SMILES string of the molecule is NCCOCCOCCNC(=O)OC1CCC=CCCC1. The Hall–Kier alpha value is -1.11. The molecule has 1 amide bonds. The normalized spacial score (nSPS) is 18.8. The summed E-state index contributed by atoms with van der Waals surface area (Å²) in [6, 6.07) is 0. The minimum Gasteiger partial charge on any atom is -0.446 e. The quantitative estimate of drug-likeness (QED) is 0.499. The fourth-order valence-corrected chi connectivity index (χ4v) is 2.07. The molecule has 122 valence electrons. The summed E-state index contributed by atoms with van der Waals surface area (Å²) >= 11 is 0. The van der Waals surface area contributed by atoms with E-state index in [0.717, 1.165) is 32.1 Å². The lowest BCUT2D eigenvalue weighted by Crippen LogP contribution is -2.31. The summed E-state index contributed by atoms with van der Waals surface area (Å²) in [5, 5.41) is 2.70. The average molecular weight is 300 g/mol. The van der Waals surface area contributed by atoms with E-state index < -0.39 is 0 Å². The lowest BCUT2D eigenvalue weighted by atomic mass is 10.0. The standard InChI is InChI=1S/C15H28N2O4/c16-8-10-19-12-13-20-11-9-17-15(18)21-14-6-4-2-1-3-5-7-14/h1-2,14H,3-13,16H2,(H,17,18). The molecule has 0 fully saturated rings. The number of hydrogen-bond acceptors (Lipinski definition) is 5. The molecule has 0 radical (unpaired) electrons. The van der Waals surface area contributed by atoms with Crippen molar-refractivity contribution in [2.45, 2.75) is 38.2 Å². The third-order valence-corrected chi connectivity index (χ3v) is 3.14. The Balaban J connectivity index is 1.96. The van der Waals surface area contributed by atoms with E-state index in [1.807, 2.05) is 0 Å². The summed E-state index contributed by atoms with van der Waals surface area (Å²) in [5.41, 5.74) is 5.29. The van der Waals surface area contributed by atoms with Crippen LogP contribution >= 0.6 is 0 Å². The Morgan fingerprint density at radius 3 is 2.67 bits per heavy atom. The third kappa shape index (κ3) is 10.3. The zero-order valence-electron chi connectivity index (χ0n) is 12.7. The zero-order chi connectivity index (χ0) is 15.2. The van der Waals surface area contributed by atoms with Crippen molar-refractivity contribution in [1.29, 1.82) is 0 Å². The van der Waals surface area contributed by atoms with Gasteiger partial charge in [0.05, 0.1) is 26.4 Å². The fourth-order valence-electron chi connectivity index (χ4n) is 2.07. The highest BCUT2D eigenvalue weighted by molar-refractivity contribution is 5.67. The van der Waals surface area contributed by atoms with E-state index >= 15 is 0 Å². The maximum absolute atomic E-state index is 11.6. The average Bonchev–Trinajstić information content (AvgIpc) is 2.44. The van der Waals surface area contributed by atoms with E-state index in [4.69, 9.17) is 19.9 Å². The number of allylic oxidation sites excluding steroid dienone is 2. The minimum atomic E-state index is -0.354. The molecule has 1 atom stereocenters. The third-order valence-electron chi connectivity index (χ3n) is 3.14. The molecule has 1 rings (SSSR count). The highest BCUT2D eigenvalue weighted by Crippen LogP contribution is 2.15. The van der Waals surface area contributed by atoms with Crippen molar-refractivity contribution in [1.82, 2.24) is 5.32 Å². The number of rotatable bonds is 9. The molecular weight excluding hydrogens is 272 g/mol. The number of alkyl carbamates (subject to hydrolysis) is 1. The summed E-state index contributed by atoms with van der Waals surface area (Å²) in [4.78, 5) is 11.6. The predicted molar refractivity (Wildman–Crippen MR) is 81.2 cm³/mol. The summed E-state index contributed by atoms with van der Waals surface area (Å²) in [7, 11) is 0. The van der Waals surface area contributed by atoms with Gasteiger partial charge >= 0.3 is 6.09 Å². The number of hydrogen-bond donors (Lipinski definition) is 2. The second kappa shape index (κ2) is 12.6. The number of nitrogens with two attached hydrogens (primary N) is 1. The fraction of sp³-hybridized carbons (Fsp3) is 0.800. The molecule has 21 heavy (non-hydrogen) atoms. The highest BCUT2D eigenvalue weighted by Gasteiger charge is 2.14. The van der Waals surface area contributed by atoms with Crippen molar-refractivity contribution in [3.8, 4) is 0 Å². The van der Waals surface area contributed by atoms with Crippen molar-refractivity contribution in [2.75, 3.05) is 39.5 Å². The van der Waals surface area contributed by atoms with Crippen LogP contribution in [-0.4, -0.2) is 51.7 Å². The number of amides is 1. The topological polar surface area (TPSA) is 82.8 Å². The number of nitrogens with one attached hydrogen (secondary N) is 1. The summed E-state index contributed by atoms with van der Waals surface area (Å²) in [6.45, 7) is 2.99. The molecule has 0 aliphatic heterocycles. The van der Waals surface area contributed by atoms with Gasteiger partial charge in [0.2, 0.25) is 0 Å². The number of carbonyl (C=O) groups excluding carboxylic acids is 1. The first-order chi connectivity index (χ1) is 10.3. The Morgan fingerprint density at radius 2 is 1.86 bits per heavy atom. The van der Waals surface area contributed by atoms with Crippen molar-refractivity contribution in [2.24, 2.45) is 5.73 Å². The first-order valence-electron chi connectivity index (χ1n) is 7.78. The molecule has 6 heteroatoms. The molecule has 0 aromatic heterocycles. The van der Waals surface area contributed by atoms with Crippen molar-refractivity contribution >= 4 is 6.09 Å². The molecule has 0 aromatic carbocycles. The summed E-state index contributed by atoms with van der Waals surface area (Å²) in [5.74, 6) is 0. The van der Waals surface area contributed by atoms with Gasteiger partial charge in [-0.1, -0.05) is 12.2 Å².